The van der Waals surface area contributed by atoms with Crippen LogP contribution in [0.15, 0.2) is 12.1 Å². The van der Waals surface area contributed by atoms with Gasteiger partial charge in [-0.25, -0.2) is 0 Å². The number of benzene rings is 1. The third-order valence-corrected chi connectivity index (χ3v) is 4.35. The van der Waals surface area contributed by atoms with Gasteiger partial charge in [0.05, 0.1) is 21.3 Å². The molecule has 0 bridgehead atoms. The molecule has 0 amide bonds. The SMILES string of the molecule is COc1cc(C(=O)CC2(N)CCCCC2)cc(OC)c1OC.Cl. The highest BCUT2D eigenvalue weighted by atomic mass is 35.5. The molecule has 1 fully saturated rings. The van der Waals surface area contributed by atoms with Crippen molar-refractivity contribution in [2.75, 3.05) is 21.3 Å². The number of ether oxygens (including phenoxy) is 3. The molecule has 1 aliphatic carbocycles. The molecule has 0 saturated heterocycles. The van der Waals surface area contributed by atoms with Gasteiger partial charge in [-0.15, -0.1) is 12.4 Å². The zero-order valence-corrected chi connectivity index (χ0v) is 14.8. The van der Waals surface area contributed by atoms with Crippen molar-refractivity contribution in [3.05, 3.63) is 17.7 Å². The summed E-state index contributed by atoms with van der Waals surface area (Å²) in [6.07, 6.45) is 5.56. The van der Waals surface area contributed by atoms with Gasteiger partial charge in [0, 0.05) is 17.5 Å². The van der Waals surface area contributed by atoms with Gasteiger partial charge in [0.2, 0.25) is 5.75 Å². The van der Waals surface area contributed by atoms with Crippen molar-refractivity contribution in [3.8, 4) is 17.2 Å². The van der Waals surface area contributed by atoms with Crippen LogP contribution in [-0.2, 0) is 0 Å². The molecule has 1 saturated carbocycles. The lowest BCUT2D eigenvalue weighted by Crippen LogP contribution is -2.43. The van der Waals surface area contributed by atoms with E-state index in [0.29, 0.717) is 29.2 Å². The van der Waals surface area contributed by atoms with E-state index in [4.69, 9.17) is 19.9 Å². The predicted molar refractivity (Wildman–Crippen MR) is 92.3 cm³/mol. The van der Waals surface area contributed by atoms with E-state index in [1.165, 1.54) is 20.6 Å². The Morgan fingerprint density at radius 1 is 1.04 bits per heavy atom. The summed E-state index contributed by atoms with van der Waals surface area (Å²) in [7, 11) is 4.62. The molecule has 0 aromatic heterocycles. The first-order valence-corrected chi connectivity index (χ1v) is 7.65. The maximum absolute atomic E-state index is 12.6. The molecule has 6 heteroatoms. The summed E-state index contributed by atoms with van der Waals surface area (Å²) in [4.78, 5) is 12.6. The molecule has 1 aromatic rings. The molecular weight excluding hydrogens is 318 g/mol. The number of nitrogens with two attached hydrogens (primary N) is 1. The van der Waals surface area contributed by atoms with Gasteiger partial charge in [0.1, 0.15) is 0 Å². The van der Waals surface area contributed by atoms with E-state index >= 15 is 0 Å². The first-order valence-electron chi connectivity index (χ1n) is 7.65. The van der Waals surface area contributed by atoms with Crippen molar-refractivity contribution in [3.63, 3.8) is 0 Å². The lowest BCUT2D eigenvalue weighted by Gasteiger charge is -2.32. The fourth-order valence-corrected chi connectivity index (χ4v) is 3.10. The van der Waals surface area contributed by atoms with Gasteiger partial charge >= 0.3 is 0 Å². The molecule has 130 valence electrons. The monoisotopic (exact) mass is 343 g/mol. The predicted octanol–water partition coefficient (Wildman–Crippen LogP) is 3.37. The van der Waals surface area contributed by atoms with Gasteiger partial charge in [-0.3, -0.25) is 4.79 Å². The van der Waals surface area contributed by atoms with Crippen LogP contribution in [0.1, 0.15) is 48.9 Å². The highest BCUT2D eigenvalue weighted by molar-refractivity contribution is 5.98. The normalized spacial score (nSPS) is 16.2. The van der Waals surface area contributed by atoms with E-state index in [0.717, 1.165) is 25.7 Å². The van der Waals surface area contributed by atoms with Crippen LogP contribution in [0, 0.1) is 0 Å². The maximum atomic E-state index is 12.6. The number of carbonyl (C=O) groups excluding carboxylic acids is 1. The molecule has 0 spiro atoms. The molecule has 0 aliphatic heterocycles. The van der Waals surface area contributed by atoms with E-state index in [1.807, 2.05) is 0 Å². The first-order chi connectivity index (χ1) is 10.5. The van der Waals surface area contributed by atoms with E-state index in [1.54, 1.807) is 19.2 Å². The topological polar surface area (TPSA) is 70.8 Å². The lowest BCUT2D eigenvalue weighted by atomic mass is 9.78. The number of rotatable bonds is 6. The van der Waals surface area contributed by atoms with Crippen LogP contribution < -0.4 is 19.9 Å². The summed E-state index contributed by atoms with van der Waals surface area (Å²) >= 11 is 0. The van der Waals surface area contributed by atoms with Crippen molar-refractivity contribution >= 4 is 18.2 Å². The molecule has 1 aliphatic rings. The summed E-state index contributed by atoms with van der Waals surface area (Å²) in [6, 6.07) is 3.38. The van der Waals surface area contributed by atoms with Crippen LogP contribution in [0.25, 0.3) is 0 Å². The van der Waals surface area contributed by atoms with Crippen LogP contribution in [0.5, 0.6) is 17.2 Å². The van der Waals surface area contributed by atoms with Crippen molar-refractivity contribution in [1.29, 1.82) is 0 Å². The fourth-order valence-electron chi connectivity index (χ4n) is 3.10. The largest absolute Gasteiger partial charge is 0.493 e. The van der Waals surface area contributed by atoms with Crippen molar-refractivity contribution in [1.82, 2.24) is 0 Å². The minimum Gasteiger partial charge on any atom is -0.493 e. The van der Waals surface area contributed by atoms with Crippen molar-refractivity contribution < 1.29 is 19.0 Å². The number of Topliss-reactive ketones (excluding diaryl/α,β-unsaturated/α-hetero) is 1. The summed E-state index contributed by atoms with van der Waals surface area (Å²) in [5, 5.41) is 0. The molecule has 23 heavy (non-hydrogen) atoms. The standard InChI is InChI=1S/C17H25NO4.ClH/c1-20-14-9-12(10-15(21-2)16(14)22-3)13(19)11-17(18)7-5-4-6-8-17;/h9-10H,4-8,11,18H2,1-3H3;1H. The molecule has 0 radical (unpaired) electrons. The molecule has 2 N–H and O–H groups in total. The van der Waals surface area contributed by atoms with Crippen molar-refractivity contribution in [2.45, 2.75) is 44.1 Å². The van der Waals surface area contributed by atoms with Crippen LogP contribution in [0.4, 0.5) is 0 Å². The van der Waals surface area contributed by atoms with E-state index in [9.17, 15) is 4.79 Å². The highest BCUT2D eigenvalue weighted by Crippen LogP contribution is 2.39. The van der Waals surface area contributed by atoms with Gasteiger partial charge in [-0.1, -0.05) is 19.3 Å². The Hall–Kier alpha value is -1.46. The zero-order chi connectivity index (χ0) is 16.2. The average molecular weight is 344 g/mol. The van der Waals surface area contributed by atoms with Crippen LogP contribution in [0.3, 0.4) is 0 Å². The van der Waals surface area contributed by atoms with Crippen LogP contribution in [0.2, 0.25) is 0 Å². The van der Waals surface area contributed by atoms with Crippen molar-refractivity contribution in [2.24, 2.45) is 5.73 Å². The van der Waals surface area contributed by atoms with Gasteiger partial charge < -0.3 is 19.9 Å². The van der Waals surface area contributed by atoms with Crippen LogP contribution in [-0.4, -0.2) is 32.7 Å². The number of halogens is 1. The van der Waals surface area contributed by atoms with E-state index in [-0.39, 0.29) is 23.7 Å². The second-order valence-corrected chi connectivity index (χ2v) is 5.94. The Balaban J connectivity index is 0.00000264. The zero-order valence-electron chi connectivity index (χ0n) is 14.0. The highest BCUT2D eigenvalue weighted by Gasteiger charge is 2.31. The smallest absolute Gasteiger partial charge is 0.203 e. The number of hydrogen-bond donors (Lipinski definition) is 1. The summed E-state index contributed by atoms with van der Waals surface area (Å²) in [5.74, 6) is 1.48. The molecule has 0 atom stereocenters. The second kappa shape index (κ2) is 8.41. The Morgan fingerprint density at radius 2 is 1.57 bits per heavy atom. The number of carbonyl (C=O) groups is 1. The molecule has 0 unspecified atom stereocenters. The van der Waals surface area contributed by atoms with Gasteiger partial charge in [-0.2, -0.15) is 0 Å². The summed E-state index contributed by atoms with van der Waals surface area (Å²) in [6.45, 7) is 0. The minimum atomic E-state index is -0.379. The average Bonchev–Trinajstić information content (AvgIpc) is 2.53. The Labute approximate surface area is 143 Å². The summed E-state index contributed by atoms with van der Waals surface area (Å²) < 4.78 is 15.9. The quantitative estimate of drug-likeness (QED) is 0.802. The Bertz CT molecular complexity index is 516. The van der Waals surface area contributed by atoms with Gasteiger partial charge in [0.25, 0.3) is 0 Å². The molecular formula is C17H26ClNO4. The van der Waals surface area contributed by atoms with Gasteiger partial charge in [0.15, 0.2) is 17.3 Å². The lowest BCUT2D eigenvalue weighted by molar-refractivity contribution is 0.0934. The number of methoxy groups -OCH3 is 3. The maximum Gasteiger partial charge on any atom is 0.203 e. The third kappa shape index (κ3) is 4.52. The molecule has 0 heterocycles. The Kier molecular flexibility index (Phi) is 7.16. The minimum absolute atomic E-state index is 0. The molecule has 1 aromatic carbocycles. The number of hydrogen-bond acceptors (Lipinski definition) is 5. The summed E-state index contributed by atoms with van der Waals surface area (Å²) in [5.41, 5.74) is 6.55. The van der Waals surface area contributed by atoms with Crippen LogP contribution >= 0.6 is 12.4 Å². The molecule has 2 rings (SSSR count). The first kappa shape index (κ1) is 19.6. The second-order valence-electron chi connectivity index (χ2n) is 5.94. The van der Waals surface area contributed by atoms with Gasteiger partial charge in [-0.05, 0) is 25.0 Å². The Morgan fingerprint density at radius 3 is 2.00 bits per heavy atom. The van der Waals surface area contributed by atoms with E-state index < -0.39 is 0 Å². The molecule has 5 nitrogen and oxygen atoms in total. The third-order valence-electron chi connectivity index (χ3n) is 4.35. The fraction of sp³-hybridized carbons (Fsp3) is 0.588. The van der Waals surface area contributed by atoms with E-state index in [2.05, 4.69) is 0 Å². The number of ketones is 1.